The Morgan fingerprint density at radius 2 is 1.92 bits per heavy atom. The van der Waals surface area contributed by atoms with Gasteiger partial charge in [-0.1, -0.05) is 25.1 Å². The molecule has 3 rings (SSSR count). The van der Waals surface area contributed by atoms with Crippen LogP contribution < -0.4 is 5.32 Å². The molecule has 1 aliphatic heterocycles. The van der Waals surface area contributed by atoms with E-state index in [-0.39, 0.29) is 5.91 Å². The van der Waals surface area contributed by atoms with Gasteiger partial charge in [-0.2, -0.15) is 13.2 Å². The second kappa shape index (κ2) is 7.99. The maximum atomic E-state index is 13.0. The summed E-state index contributed by atoms with van der Waals surface area (Å²) in [6.45, 7) is 4.28. The topological polar surface area (TPSA) is 32.3 Å². The van der Waals surface area contributed by atoms with Crippen molar-refractivity contribution in [2.45, 2.75) is 57.2 Å². The molecular formula is C20H27F3N2O. The predicted octanol–water partition coefficient (Wildman–Crippen LogP) is 4.19. The van der Waals surface area contributed by atoms with Crippen LogP contribution in [0.15, 0.2) is 24.3 Å². The molecule has 3 nitrogen and oxygen atoms in total. The van der Waals surface area contributed by atoms with E-state index in [0.717, 1.165) is 37.4 Å². The van der Waals surface area contributed by atoms with E-state index in [1.165, 1.54) is 18.9 Å². The fraction of sp³-hybridized carbons (Fsp3) is 0.650. The fourth-order valence-corrected chi connectivity index (χ4v) is 3.66. The number of amides is 1. The lowest BCUT2D eigenvalue weighted by atomic mass is 9.92. The normalized spacial score (nSPS) is 20.2. The number of nitrogens with one attached hydrogen (secondary N) is 1. The molecule has 144 valence electrons. The Morgan fingerprint density at radius 3 is 2.50 bits per heavy atom. The number of halogens is 3. The second-order valence-corrected chi connectivity index (χ2v) is 7.54. The van der Waals surface area contributed by atoms with Crippen LogP contribution in [0.1, 0.15) is 56.1 Å². The average Bonchev–Trinajstić information content (AvgIpc) is 3.45. The minimum Gasteiger partial charge on any atom is -0.342 e. The molecule has 1 aromatic rings. The number of likely N-dealkylation sites (tertiary alicyclic amines) is 1. The molecule has 1 aromatic carbocycles. The van der Waals surface area contributed by atoms with Crippen molar-refractivity contribution >= 4 is 5.91 Å². The quantitative estimate of drug-likeness (QED) is 0.817. The molecule has 2 aliphatic rings. The van der Waals surface area contributed by atoms with Gasteiger partial charge in [-0.05, 0) is 56.2 Å². The van der Waals surface area contributed by atoms with Gasteiger partial charge in [0.05, 0.1) is 11.5 Å². The lowest BCUT2D eigenvalue weighted by Crippen LogP contribution is -2.46. The second-order valence-electron chi connectivity index (χ2n) is 7.54. The summed E-state index contributed by atoms with van der Waals surface area (Å²) < 4.78 is 38.9. The van der Waals surface area contributed by atoms with E-state index in [9.17, 15) is 18.0 Å². The van der Waals surface area contributed by atoms with Crippen LogP contribution in [0.2, 0.25) is 0 Å². The van der Waals surface area contributed by atoms with Gasteiger partial charge in [-0.15, -0.1) is 0 Å². The molecule has 1 saturated carbocycles. The molecule has 2 fully saturated rings. The first-order valence-electron chi connectivity index (χ1n) is 9.57. The maximum Gasteiger partial charge on any atom is 0.416 e. The first-order chi connectivity index (χ1) is 12.4. The Balaban J connectivity index is 1.60. The summed E-state index contributed by atoms with van der Waals surface area (Å²) in [4.78, 5) is 14.7. The van der Waals surface area contributed by atoms with Gasteiger partial charge in [0.25, 0.3) is 0 Å². The van der Waals surface area contributed by atoms with Crippen LogP contribution in [0, 0.1) is 5.92 Å². The molecular weight excluding hydrogens is 341 g/mol. The summed E-state index contributed by atoms with van der Waals surface area (Å²) in [5.74, 6) is 0.279. The molecule has 1 heterocycles. The number of hydrogen-bond donors (Lipinski definition) is 1. The van der Waals surface area contributed by atoms with Crippen molar-refractivity contribution in [1.29, 1.82) is 0 Å². The molecule has 0 spiro atoms. The monoisotopic (exact) mass is 368 g/mol. The Kier molecular flexibility index (Phi) is 5.90. The number of nitrogens with zero attached hydrogens (tertiary/aromatic N) is 1. The van der Waals surface area contributed by atoms with Crippen molar-refractivity contribution < 1.29 is 18.0 Å². The molecule has 1 saturated heterocycles. The van der Waals surface area contributed by atoms with Gasteiger partial charge in [0.2, 0.25) is 5.91 Å². The van der Waals surface area contributed by atoms with Gasteiger partial charge in [0.1, 0.15) is 0 Å². The highest BCUT2D eigenvalue weighted by atomic mass is 19.4. The zero-order valence-electron chi connectivity index (χ0n) is 15.2. The number of carbonyl (C=O) groups is 1. The summed E-state index contributed by atoms with van der Waals surface area (Å²) >= 11 is 0. The van der Waals surface area contributed by atoms with Crippen molar-refractivity contribution in [1.82, 2.24) is 10.2 Å². The minimum absolute atomic E-state index is 0.0486. The van der Waals surface area contributed by atoms with E-state index >= 15 is 0 Å². The largest absolute Gasteiger partial charge is 0.416 e. The number of piperidine rings is 1. The van der Waals surface area contributed by atoms with E-state index in [1.54, 1.807) is 6.07 Å². The fourth-order valence-electron chi connectivity index (χ4n) is 3.66. The van der Waals surface area contributed by atoms with E-state index < -0.39 is 17.7 Å². The number of benzene rings is 1. The molecule has 1 N–H and O–H groups in total. The van der Waals surface area contributed by atoms with E-state index in [1.807, 2.05) is 11.8 Å². The Labute approximate surface area is 152 Å². The van der Waals surface area contributed by atoms with Crippen molar-refractivity contribution in [3.63, 3.8) is 0 Å². The highest BCUT2D eigenvalue weighted by Crippen LogP contribution is 2.33. The third kappa shape index (κ3) is 4.78. The van der Waals surface area contributed by atoms with Crippen LogP contribution in [0.5, 0.6) is 0 Å². The van der Waals surface area contributed by atoms with Crippen molar-refractivity contribution in [2.24, 2.45) is 5.92 Å². The van der Waals surface area contributed by atoms with E-state index in [2.05, 4.69) is 5.32 Å². The summed E-state index contributed by atoms with van der Waals surface area (Å²) in [6.07, 6.45) is 0.580. The number of hydrogen-bond acceptors (Lipinski definition) is 2. The predicted molar refractivity (Wildman–Crippen MR) is 94.8 cm³/mol. The first kappa shape index (κ1) is 19.2. The van der Waals surface area contributed by atoms with Gasteiger partial charge in [-0.3, -0.25) is 4.79 Å². The smallest absolute Gasteiger partial charge is 0.342 e. The Hall–Kier alpha value is -1.56. The Morgan fingerprint density at radius 1 is 1.23 bits per heavy atom. The summed E-state index contributed by atoms with van der Waals surface area (Å²) in [5.41, 5.74) is -0.231. The van der Waals surface area contributed by atoms with Gasteiger partial charge >= 0.3 is 6.18 Å². The van der Waals surface area contributed by atoms with Crippen LogP contribution in [-0.4, -0.2) is 36.5 Å². The molecule has 6 heteroatoms. The lowest BCUT2D eigenvalue weighted by Gasteiger charge is -2.34. The van der Waals surface area contributed by atoms with Crippen molar-refractivity contribution in [2.75, 3.05) is 19.6 Å². The molecule has 1 amide bonds. The highest BCUT2D eigenvalue weighted by Gasteiger charge is 2.33. The van der Waals surface area contributed by atoms with Gasteiger partial charge < -0.3 is 10.2 Å². The lowest BCUT2D eigenvalue weighted by molar-refractivity contribution is -0.138. The van der Waals surface area contributed by atoms with Crippen LogP contribution >= 0.6 is 0 Å². The van der Waals surface area contributed by atoms with Crippen LogP contribution in [0.4, 0.5) is 13.2 Å². The molecule has 26 heavy (non-hydrogen) atoms. The van der Waals surface area contributed by atoms with Gasteiger partial charge in [0.15, 0.2) is 0 Å². The maximum absolute atomic E-state index is 13.0. The van der Waals surface area contributed by atoms with Crippen LogP contribution in [-0.2, 0) is 11.0 Å². The molecule has 0 bridgehead atoms. The van der Waals surface area contributed by atoms with Crippen molar-refractivity contribution in [3.8, 4) is 0 Å². The number of alkyl halides is 3. The summed E-state index contributed by atoms with van der Waals surface area (Å²) in [7, 11) is 0. The third-order valence-corrected chi connectivity index (χ3v) is 5.52. The van der Waals surface area contributed by atoms with Gasteiger partial charge in [0, 0.05) is 19.1 Å². The molecule has 0 aromatic heterocycles. The number of carbonyl (C=O) groups excluding carboxylic acids is 1. The Bertz CT molecular complexity index is 620. The molecule has 1 aliphatic carbocycles. The summed E-state index contributed by atoms with van der Waals surface area (Å²) in [5, 5.41) is 3.58. The third-order valence-electron chi connectivity index (χ3n) is 5.52. The standard InChI is InChI=1S/C20H27F3N2O/c1-2-18(15-4-3-5-16(12-15)20(21,22)23)19(26)25-10-8-17(9-11-25)24-13-14-6-7-14/h3-5,12,14,17-18,24H,2,6-11,13H2,1H3. The first-order valence-corrected chi connectivity index (χ1v) is 9.57. The van der Waals surface area contributed by atoms with Crippen LogP contribution in [0.3, 0.4) is 0 Å². The highest BCUT2D eigenvalue weighted by molar-refractivity contribution is 5.83. The van der Waals surface area contributed by atoms with E-state index in [4.69, 9.17) is 0 Å². The van der Waals surface area contributed by atoms with Crippen LogP contribution in [0.25, 0.3) is 0 Å². The van der Waals surface area contributed by atoms with Crippen molar-refractivity contribution in [3.05, 3.63) is 35.4 Å². The van der Waals surface area contributed by atoms with E-state index in [0.29, 0.717) is 31.1 Å². The molecule has 0 radical (unpaired) electrons. The molecule has 1 unspecified atom stereocenters. The minimum atomic E-state index is -4.39. The molecule has 1 atom stereocenters. The number of rotatable bonds is 6. The van der Waals surface area contributed by atoms with Gasteiger partial charge in [-0.25, -0.2) is 0 Å². The summed E-state index contributed by atoms with van der Waals surface area (Å²) in [6, 6.07) is 5.65. The average molecular weight is 368 g/mol. The SMILES string of the molecule is CCC(C(=O)N1CCC(NCC2CC2)CC1)c1cccc(C(F)(F)F)c1. The zero-order chi connectivity index (χ0) is 18.7. The zero-order valence-corrected chi connectivity index (χ0v) is 15.2.